The summed E-state index contributed by atoms with van der Waals surface area (Å²) in [6.07, 6.45) is 5.33. The SMILES string of the molecule is CC(NC1C2(C)CCC(C2)C1(C)C)c1ccc(F)cn1. The average Bonchev–Trinajstić information content (AvgIpc) is 2.86. The van der Waals surface area contributed by atoms with Crippen LogP contribution in [0.1, 0.15) is 58.7 Å². The maximum Gasteiger partial charge on any atom is 0.141 e. The Labute approximate surface area is 121 Å². The van der Waals surface area contributed by atoms with Gasteiger partial charge in [-0.15, -0.1) is 0 Å². The van der Waals surface area contributed by atoms with Gasteiger partial charge in [0, 0.05) is 12.1 Å². The van der Waals surface area contributed by atoms with E-state index in [1.54, 1.807) is 6.07 Å². The van der Waals surface area contributed by atoms with Gasteiger partial charge in [0.15, 0.2) is 0 Å². The van der Waals surface area contributed by atoms with E-state index in [1.807, 2.05) is 0 Å². The van der Waals surface area contributed by atoms with Gasteiger partial charge in [-0.25, -0.2) is 4.39 Å². The Morgan fingerprint density at radius 1 is 1.35 bits per heavy atom. The van der Waals surface area contributed by atoms with E-state index in [2.05, 4.69) is 38.0 Å². The molecule has 110 valence electrons. The second-order valence-electron chi connectivity index (χ2n) is 7.64. The van der Waals surface area contributed by atoms with Crippen molar-refractivity contribution >= 4 is 0 Å². The number of nitrogens with one attached hydrogen (secondary N) is 1. The molecule has 0 radical (unpaired) electrons. The van der Waals surface area contributed by atoms with Crippen molar-refractivity contribution in [2.24, 2.45) is 16.7 Å². The predicted molar refractivity (Wildman–Crippen MR) is 78.8 cm³/mol. The van der Waals surface area contributed by atoms with Crippen LogP contribution >= 0.6 is 0 Å². The highest BCUT2D eigenvalue weighted by Crippen LogP contribution is 2.62. The Bertz CT molecular complexity index is 491. The molecule has 0 aliphatic heterocycles. The molecular weight excluding hydrogens is 251 g/mol. The van der Waals surface area contributed by atoms with Crippen molar-refractivity contribution in [1.29, 1.82) is 0 Å². The van der Waals surface area contributed by atoms with Gasteiger partial charge in [0.05, 0.1) is 11.9 Å². The van der Waals surface area contributed by atoms with E-state index < -0.39 is 0 Å². The number of aromatic nitrogens is 1. The first-order valence-corrected chi connectivity index (χ1v) is 7.70. The molecule has 2 bridgehead atoms. The van der Waals surface area contributed by atoms with Crippen LogP contribution in [0.15, 0.2) is 18.3 Å². The highest BCUT2D eigenvalue weighted by molar-refractivity contribution is 5.15. The van der Waals surface area contributed by atoms with Gasteiger partial charge in [0.2, 0.25) is 0 Å². The molecule has 2 nitrogen and oxygen atoms in total. The molecule has 3 heteroatoms. The minimum absolute atomic E-state index is 0.163. The van der Waals surface area contributed by atoms with Gasteiger partial charge in [-0.2, -0.15) is 0 Å². The van der Waals surface area contributed by atoms with E-state index in [9.17, 15) is 4.39 Å². The Hall–Kier alpha value is -0.960. The molecule has 2 aliphatic carbocycles. The number of halogens is 1. The van der Waals surface area contributed by atoms with E-state index >= 15 is 0 Å². The molecule has 2 saturated carbocycles. The van der Waals surface area contributed by atoms with Crippen LogP contribution < -0.4 is 5.32 Å². The van der Waals surface area contributed by atoms with Crippen LogP contribution in [0.2, 0.25) is 0 Å². The fourth-order valence-corrected chi connectivity index (χ4v) is 4.70. The first-order chi connectivity index (χ1) is 9.33. The summed E-state index contributed by atoms with van der Waals surface area (Å²) >= 11 is 0. The first-order valence-electron chi connectivity index (χ1n) is 7.70. The summed E-state index contributed by atoms with van der Waals surface area (Å²) in [4.78, 5) is 4.22. The summed E-state index contributed by atoms with van der Waals surface area (Å²) in [5.74, 6) is 0.562. The van der Waals surface area contributed by atoms with Gasteiger partial charge in [-0.3, -0.25) is 4.98 Å². The summed E-state index contributed by atoms with van der Waals surface area (Å²) in [5.41, 5.74) is 1.66. The van der Waals surface area contributed by atoms with E-state index in [-0.39, 0.29) is 11.9 Å². The molecule has 1 N–H and O–H groups in total. The largest absolute Gasteiger partial charge is 0.305 e. The third kappa shape index (κ3) is 2.07. The lowest BCUT2D eigenvalue weighted by Crippen LogP contribution is -2.51. The second-order valence-corrected chi connectivity index (χ2v) is 7.64. The summed E-state index contributed by atoms with van der Waals surface area (Å²) in [6.45, 7) is 9.34. The molecule has 0 saturated heterocycles. The lowest BCUT2D eigenvalue weighted by molar-refractivity contribution is 0.0998. The lowest BCUT2D eigenvalue weighted by Gasteiger charge is -2.44. The van der Waals surface area contributed by atoms with Gasteiger partial charge < -0.3 is 5.32 Å². The van der Waals surface area contributed by atoms with E-state index in [1.165, 1.54) is 31.5 Å². The second kappa shape index (κ2) is 4.52. The van der Waals surface area contributed by atoms with Crippen molar-refractivity contribution in [2.45, 2.75) is 59.0 Å². The van der Waals surface area contributed by atoms with Crippen molar-refractivity contribution in [1.82, 2.24) is 10.3 Å². The summed E-state index contributed by atoms with van der Waals surface area (Å²) < 4.78 is 13.0. The van der Waals surface area contributed by atoms with Crippen LogP contribution in [0.4, 0.5) is 4.39 Å². The average molecular weight is 276 g/mol. The number of nitrogens with zero attached hydrogens (tertiary/aromatic N) is 1. The quantitative estimate of drug-likeness (QED) is 0.899. The van der Waals surface area contributed by atoms with Crippen LogP contribution in [-0.2, 0) is 0 Å². The number of hydrogen-bond acceptors (Lipinski definition) is 2. The zero-order valence-corrected chi connectivity index (χ0v) is 12.9. The van der Waals surface area contributed by atoms with Crippen LogP contribution in [0.5, 0.6) is 0 Å². The Balaban J connectivity index is 1.78. The molecule has 0 aromatic carbocycles. The summed E-state index contributed by atoms with van der Waals surface area (Å²) in [7, 11) is 0. The summed E-state index contributed by atoms with van der Waals surface area (Å²) in [5, 5.41) is 3.79. The van der Waals surface area contributed by atoms with Gasteiger partial charge in [0.1, 0.15) is 5.82 Å². The first kappa shape index (κ1) is 14.0. The molecule has 4 atom stereocenters. The molecule has 3 rings (SSSR count). The zero-order chi connectivity index (χ0) is 14.5. The molecule has 1 aromatic rings. The maximum atomic E-state index is 13.0. The van der Waals surface area contributed by atoms with Crippen molar-refractivity contribution in [3.63, 3.8) is 0 Å². The fourth-order valence-electron chi connectivity index (χ4n) is 4.70. The van der Waals surface area contributed by atoms with Crippen molar-refractivity contribution in [3.05, 3.63) is 29.8 Å². The Kier molecular flexibility index (Phi) is 3.16. The van der Waals surface area contributed by atoms with E-state index in [0.29, 0.717) is 16.9 Å². The Morgan fingerprint density at radius 3 is 2.65 bits per heavy atom. The van der Waals surface area contributed by atoms with Gasteiger partial charge in [0.25, 0.3) is 0 Å². The maximum absolute atomic E-state index is 13.0. The third-order valence-corrected chi connectivity index (χ3v) is 5.88. The van der Waals surface area contributed by atoms with Gasteiger partial charge in [-0.1, -0.05) is 20.8 Å². The van der Waals surface area contributed by atoms with Crippen LogP contribution in [0, 0.1) is 22.6 Å². The monoisotopic (exact) mass is 276 g/mol. The number of pyridine rings is 1. The molecule has 20 heavy (non-hydrogen) atoms. The van der Waals surface area contributed by atoms with E-state index in [0.717, 1.165) is 11.6 Å². The zero-order valence-electron chi connectivity index (χ0n) is 12.9. The molecule has 2 aliphatic rings. The van der Waals surface area contributed by atoms with E-state index in [4.69, 9.17) is 0 Å². The van der Waals surface area contributed by atoms with Gasteiger partial charge >= 0.3 is 0 Å². The van der Waals surface area contributed by atoms with Crippen molar-refractivity contribution in [2.75, 3.05) is 0 Å². The van der Waals surface area contributed by atoms with Crippen LogP contribution in [0.25, 0.3) is 0 Å². The normalized spacial score (nSPS) is 36.2. The van der Waals surface area contributed by atoms with Crippen molar-refractivity contribution < 1.29 is 4.39 Å². The highest BCUT2D eigenvalue weighted by Gasteiger charge is 2.59. The molecule has 0 amide bonds. The smallest absolute Gasteiger partial charge is 0.141 e. The van der Waals surface area contributed by atoms with Crippen LogP contribution in [0.3, 0.4) is 0 Å². The molecule has 1 aromatic heterocycles. The molecule has 1 heterocycles. The molecular formula is C17H25FN2. The standard InChI is InChI=1S/C17H25FN2/c1-11(14-6-5-13(18)10-19-14)20-15-16(2,3)12-7-8-17(15,4)9-12/h5-6,10-12,15,20H,7-9H2,1-4H3. The number of hydrogen-bond donors (Lipinski definition) is 1. The Morgan fingerprint density at radius 2 is 2.10 bits per heavy atom. The fraction of sp³-hybridized carbons (Fsp3) is 0.706. The highest BCUT2D eigenvalue weighted by atomic mass is 19.1. The number of rotatable bonds is 3. The predicted octanol–water partition coefficient (Wildman–Crippen LogP) is 4.09. The minimum atomic E-state index is -0.270. The lowest BCUT2D eigenvalue weighted by atomic mass is 9.68. The number of fused-ring (bicyclic) bond motifs is 2. The molecule has 2 fully saturated rings. The third-order valence-electron chi connectivity index (χ3n) is 5.88. The topological polar surface area (TPSA) is 24.9 Å². The minimum Gasteiger partial charge on any atom is -0.305 e. The molecule has 0 spiro atoms. The van der Waals surface area contributed by atoms with Crippen molar-refractivity contribution in [3.8, 4) is 0 Å². The summed E-state index contributed by atoms with van der Waals surface area (Å²) in [6, 6.07) is 3.95. The van der Waals surface area contributed by atoms with Crippen LogP contribution in [-0.4, -0.2) is 11.0 Å². The van der Waals surface area contributed by atoms with Gasteiger partial charge in [-0.05, 0) is 55.1 Å². The molecule has 4 unspecified atom stereocenters.